The summed E-state index contributed by atoms with van der Waals surface area (Å²) in [6.45, 7) is 7.49. The summed E-state index contributed by atoms with van der Waals surface area (Å²) < 4.78 is 0. The van der Waals surface area contributed by atoms with Crippen molar-refractivity contribution in [3.05, 3.63) is 29.8 Å². The van der Waals surface area contributed by atoms with Gasteiger partial charge in [-0.05, 0) is 44.9 Å². The first kappa shape index (κ1) is 14.0. The third-order valence-corrected chi connectivity index (χ3v) is 3.22. The Kier molecular flexibility index (Phi) is 6.71. The van der Waals surface area contributed by atoms with Crippen LogP contribution in [0.25, 0.3) is 0 Å². The van der Waals surface area contributed by atoms with Crippen LogP contribution in [0.4, 0.5) is 5.69 Å². The average Bonchev–Trinajstić information content (AvgIpc) is 2.35. The molecule has 17 heavy (non-hydrogen) atoms. The highest BCUT2D eigenvalue weighted by Gasteiger charge is 2.05. The molecule has 0 fully saturated rings. The van der Waals surface area contributed by atoms with Crippen LogP contribution in [0.3, 0.4) is 0 Å². The Morgan fingerprint density at radius 1 is 1.06 bits per heavy atom. The number of nitrogens with two attached hydrogens (primary N) is 1. The van der Waals surface area contributed by atoms with Crippen molar-refractivity contribution in [2.75, 3.05) is 24.5 Å². The fourth-order valence-corrected chi connectivity index (χ4v) is 2.17. The Labute approximate surface area is 106 Å². The lowest BCUT2D eigenvalue weighted by molar-refractivity contribution is 0.633. The van der Waals surface area contributed by atoms with Crippen LogP contribution in [-0.2, 0) is 0 Å². The van der Waals surface area contributed by atoms with Crippen LogP contribution in [0, 0.1) is 6.92 Å². The van der Waals surface area contributed by atoms with E-state index in [2.05, 4.69) is 43.0 Å². The largest absolute Gasteiger partial charge is 0.372 e. The summed E-state index contributed by atoms with van der Waals surface area (Å²) in [7, 11) is 0. The van der Waals surface area contributed by atoms with Crippen molar-refractivity contribution in [2.24, 2.45) is 5.73 Å². The van der Waals surface area contributed by atoms with Gasteiger partial charge in [0.2, 0.25) is 0 Å². The monoisotopic (exact) mass is 234 g/mol. The summed E-state index contributed by atoms with van der Waals surface area (Å²) in [4.78, 5) is 2.47. The zero-order valence-electron chi connectivity index (χ0n) is 11.3. The van der Waals surface area contributed by atoms with Gasteiger partial charge in [0, 0.05) is 18.8 Å². The van der Waals surface area contributed by atoms with Crippen molar-refractivity contribution in [1.82, 2.24) is 0 Å². The minimum absolute atomic E-state index is 0.829. The Hall–Kier alpha value is -1.02. The summed E-state index contributed by atoms with van der Waals surface area (Å²) in [5.41, 5.74) is 8.25. The first-order valence-corrected chi connectivity index (χ1v) is 6.80. The van der Waals surface area contributed by atoms with Crippen LogP contribution < -0.4 is 10.6 Å². The van der Waals surface area contributed by atoms with Gasteiger partial charge >= 0.3 is 0 Å². The molecule has 0 aliphatic heterocycles. The van der Waals surface area contributed by atoms with Crippen LogP contribution in [0.15, 0.2) is 24.3 Å². The van der Waals surface area contributed by atoms with E-state index in [1.54, 1.807) is 0 Å². The smallest absolute Gasteiger partial charge is 0.0395 e. The van der Waals surface area contributed by atoms with Gasteiger partial charge in [-0.2, -0.15) is 0 Å². The number of rotatable bonds is 8. The van der Waals surface area contributed by atoms with Crippen LogP contribution in [-0.4, -0.2) is 19.6 Å². The zero-order chi connectivity index (χ0) is 12.5. The third-order valence-electron chi connectivity index (χ3n) is 3.22. The number of benzene rings is 1. The molecule has 1 aromatic carbocycles. The maximum Gasteiger partial charge on any atom is 0.0395 e. The molecule has 0 aromatic heterocycles. The number of para-hydroxylation sites is 1. The van der Waals surface area contributed by atoms with Gasteiger partial charge in [0.15, 0.2) is 0 Å². The molecule has 0 radical (unpaired) electrons. The molecule has 0 aliphatic carbocycles. The first-order valence-electron chi connectivity index (χ1n) is 6.80. The molecule has 96 valence electrons. The predicted octanol–water partition coefficient (Wildman–Crippen LogP) is 3.34. The highest BCUT2D eigenvalue weighted by molar-refractivity contribution is 5.52. The van der Waals surface area contributed by atoms with Gasteiger partial charge in [0.1, 0.15) is 0 Å². The summed E-state index contributed by atoms with van der Waals surface area (Å²) in [6, 6.07) is 8.64. The lowest BCUT2D eigenvalue weighted by atomic mass is 10.1. The Bertz CT molecular complexity index is 310. The molecular formula is C15H26N2. The maximum absolute atomic E-state index is 5.50. The molecule has 0 spiro atoms. The molecule has 0 atom stereocenters. The van der Waals surface area contributed by atoms with E-state index in [-0.39, 0.29) is 0 Å². The van der Waals surface area contributed by atoms with Gasteiger partial charge in [0.25, 0.3) is 0 Å². The number of unbranched alkanes of at least 4 members (excludes halogenated alkanes) is 3. The molecule has 0 heterocycles. The lowest BCUT2D eigenvalue weighted by Crippen LogP contribution is -2.24. The molecule has 1 rings (SSSR count). The van der Waals surface area contributed by atoms with E-state index >= 15 is 0 Å². The van der Waals surface area contributed by atoms with Crippen molar-refractivity contribution in [3.63, 3.8) is 0 Å². The number of aryl methyl sites for hydroxylation is 1. The van der Waals surface area contributed by atoms with Gasteiger partial charge in [-0.1, -0.05) is 31.0 Å². The number of hydrogen-bond donors (Lipinski definition) is 1. The van der Waals surface area contributed by atoms with E-state index in [0.29, 0.717) is 0 Å². The molecule has 2 nitrogen and oxygen atoms in total. The fraction of sp³-hybridized carbons (Fsp3) is 0.600. The van der Waals surface area contributed by atoms with Crippen LogP contribution in [0.5, 0.6) is 0 Å². The maximum atomic E-state index is 5.50. The van der Waals surface area contributed by atoms with Gasteiger partial charge in [-0.25, -0.2) is 0 Å². The Morgan fingerprint density at radius 3 is 2.41 bits per heavy atom. The molecule has 0 saturated carbocycles. The Morgan fingerprint density at radius 2 is 1.76 bits per heavy atom. The first-order chi connectivity index (χ1) is 8.29. The van der Waals surface area contributed by atoms with Gasteiger partial charge < -0.3 is 10.6 Å². The molecule has 0 amide bonds. The predicted molar refractivity (Wildman–Crippen MR) is 76.6 cm³/mol. The zero-order valence-corrected chi connectivity index (χ0v) is 11.3. The highest BCUT2D eigenvalue weighted by atomic mass is 15.1. The summed E-state index contributed by atoms with van der Waals surface area (Å²) in [6.07, 6.45) is 4.99. The molecule has 0 saturated heterocycles. The topological polar surface area (TPSA) is 29.3 Å². The van der Waals surface area contributed by atoms with Gasteiger partial charge in [-0.3, -0.25) is 0 Å². The van der Waals surface area contributed by atoms with Crippen molar-refractivity contribution in [3.8, 4) is 0 Å². The second kappa shape index (κ2) is 8.13. The lowest BCUT2D eigenvalue weighted by Gasteiger charge is -2.24. The minimum Gasteiger partial charge on any atom is -0.372 e. The van der Waals surface area contributed by atoms with Crippen molar-refractivity contribution in [2.45, 2.75) is 39.5 Å². The van der Waals surface area contributed by atoms with E-state index in [1.165, 1.54) is 30.5 Å². The molecule has 2 N–H and O–H groups in total. The normalized spacial score (nSPS) is 10.5. The molecular weight excluding hydrogens is 208 g/mol. The van der Waals surface area contributed by atoms with Crippen molar-refractivity contribution >= 4 is 5.69 Å². The van der Waals surface area contributed by atoms with Crippen molar-refractivity contribution < 1.29 is 0 Å². The molecule has 0 unspecified atom stereocenters. The standard InChI is InChI=1S/C15H26N2/c1-3-17(13-9-5-4-8-12-16)15-11-7-6-10-14(15)2/h6-7,10-11H,3-5,8-9,12-13,16H2,1-2H3. The molecule has 0 aliphatic rings. The van der Waals surface area contributed by atoms with Crippen LogP contribution in [0.1, 0.15) is 38.2 Å². The molecule has 2 heteroatoms. The Balaban J connectivity index is 2.41. The number of anilines is 1. The summed E-state index contributed by atoms with van der Waals surface area (Å²) in [5, 5.41) is 0. The van der Waals surface area contributed by atoms with E-state index in [9.17, 15) is 0 Å². The average molecular weight is 234 g/mol. The van der Waals surface area contributed by atoms with E-state index in [1.807, 2.05) is 0 Å². The molecule has 1 aromatic rings. The SMILES string of the molecule is CCN(CCCCCCN)c1ccccc1C. The summed E-state index contributed by atoms with van der Waals surface area (Å²) >= 11 is 0. The second-order valence-electron chi connectivity index (χ2n) is 4.57. The van der Waals surface area contributed by atoms with Crippen molar-refractivity contribution in [1.29, 1.82) is 0 Å². The van der Waals surface area contributed by atoms with E-state index < -0.39 is 0 Å². The quantitative estimate of drug-likeness (QED) is 0.699. The second-order valence-corrected chi connectivity index (χ2v) is 4.57. The molecule has 0 bridgehead atoms. The third kappa shape index (κ3) is 4.78. The fourth-order valence-electron chi connectivity index (χ4n) is 2.17. The van der Waals surface area contributed by atoms with Crippen LogP contribution in [0.2, 0.25) is 0 Å². The number of hydrogen-bond acceptors (Lipinski definition) is 2. The minimum atomic E-state index is 0.829. The van der Waals surface area contributed by atoms with Gasteiger partial charge in [-0.15, -0.1) is 0 Å². The van der Waals surface area contributed by atoms with E-state index in [0.717, 1.165) is 26.1 Å². The van der Waals surface area contributed by atoms with Crippen LogP contribution >= 0.6 is 0 Å². The highest BCUT2D eigenvalue weighted by Crippen LogP contribution is 2.19. The summed E-state index contributed by atoms with van der Waals surface area (Å²) in [5.74, 6) is 0. The van der Waals surface area contributed by atoms with Gasteiger partial charge in [0.05, 0.1) is 0 Å². The number of nitrogens with zero attached hydrogens (tertiary/aromatic N) is 1. The van der Waals surface area contributed by atoms with E-state index in [4.69, 9.17) is 5.73 Å².